The van der Waals surface area contributed by atoms with Crippen LogP contribution in [0.5, 0.6) is 5.75 Å². The molecular weight excluding hydrogens is 447 g/mol. The van der Waals surface area contributed by atoms with E-state index >= 15 is 0 Å². The Morgan fingerprint density at radius 3 is 2.47 bits per heavy atom. The summed E-state index contributed by atoms with van der Waals surface area (Å²) in [7, 11) is -0.772. The lowest BCUT2D eigenvalue weighted by Gasteiger charge is -2.19. The van der Waals surface area contributed by atoms with Gasteiger partial charge in [0.1, 0.15) is 10.6 Å². The average Bonchev–Trinajstić information content (AvgIpc) is 3.22. The summed E-state index contributed by atoms with van der Waals surface area (Å²) in [6.07, 6.45) is 3.63. The normalized spacial score (nSPS) is 14.7. The van der Waals surface area contributed by atoms with Crippen molar-refractivity contribution in [2.24, 2.45) is 0 Å². The molecule has 0 aromatic heterocycles. The highest BCUT2D eigenvalue weighted by atomic mass is 35.5. The molecule has 0 aliphatic heterocycles. The fourth-order valence-corrected chi connectivity index (χ4v) is 5.37. The highest BCUT2D eigenvalue weighted by Crippen LogP contribution is 2.28. The predicted molar refractivity (Wildman–Crippen MR) is 118 cm³/mol. The summed E-state index contributed by atoms with van der Waals surface area (Å²) in [6, 6.07) is 9.49. The summed E-state index contributed by atoms with van der Waals surface area (Å²) in [5.41, 5.74) is 1.06. The molecule has 1 fully saturated rings. The molecule has 0 atom stereocenters. The fraction of sp³-hybridized carbons (Fsp3) is 0.381. The van der Waals surface area contributed by atoms with E-state index in [1.54, 1.807) is 31.3 Å². The Hall–Kier alpha value is -1.80. The summed E-state index contributed by atoms with van der Waals surface area (Å²) in [4.78, 5) is 14.4. The average molecular weight is 471 g/mol. The number of benzene rings is 2. The van der Waals surface area contributed by atoms with Gasteiger partial charge in [0, 0.05) is 25.2 Å². The van der Waals surface area contributed by atoms with Crippen LogP contribution in [0.1, 0.15) is 41.6 Å². The van der Waals surface area contributed by atoms with Crippen molar-refractivity contribution in [1.82, 2.24) is 9.62 Å². The van der Waals surface area contributed by atoms with E-state index in [9.17, 15) is 13.2 Å². The molecule has 1 N–H and O–H groups in total. The molecule has 162 valence electrons. The summed E-state index contributed by atoms with van der Waals surface area (Å²) in [5.74, 6) is -0.120. The Bertz CT molecular complexity index is 1040. The number of carbonyl (C=O) groups excluding carboxylic acids is 1. The highest BCUT2D eigenvalue weighted by molar-refractivity contribution is 7.89. The number of hydrogen-bond acceptors (Lipinski definition) is 4. The van der Waals surface area contributed by atoms with E-state index in [4.69, 9.17) is 27.9 Å². The van der Waals surface area contributed by atoms with Gasteiger partial charge in [0.05, 0.1) is 17.2 Å². The number of methoxy groups -OCH3 is 1. The second kappa shape index (κ2) is 9.56. The third-order valence-electron chi connectivity index (χ3n) is 5.13. The molecule has 0 saturated heterocycles. The van der Waals surface area contributed by atoms with E-state index < -0.39 is 10.0 Å². The van der Waals surface area contributed by atoms with Crippen molar-refractivity contribution in [2.45, 2.75) is 43.2 Å². The molecule has 0 unspecified atom stereocenters. The molecule has 6 nitrogen and oxygen atoms in total. The van der Waals surface area contributed by atoms with Gasteiger partial charge in [0.15, 0.2) is 0 Å². The van der Waals surface area contributed by atoms with Crippen LogP contribution in [0.15, 0.2) is 41.3 Å². The molecule has 0 spiro atoms. The molecular formula is C21H24Cl2N2O4S. The zero-order valence-corrected chi connectivity index (χ0v) is 19.1. The van der Waals surface area contributed by atoms with Crippen molar-refractivity contribution in [3.8, 4) is 5.75 Å². The molecule has 1 aliphatic rings. The zero-order valence-electron chi connectivity index (χ0n) is 16.8. The number of nitrogens with one attached hydrogen (secondary N) is 1. The molecule has 1 saturated carbocycles. The summed E-state index contributed by atoms with van der Waals surface area (Å²) < 4.78 is 33.8. The summed E-state index contributed by atoms with van der Waals surface area (Å²) in [5, 5.41) is 0.847. The number of rotatable bonds is 7. The fourth-order valence-electron chi connectivity index (χ4n) is 3.55. The molecule has 0 heterocycles. The Morgan fingerprint density at radius 1 is 1.13 bits per heavy atom. The van der Waals surface area contributed by atoms with Gasteiger partial charge in [-0.25, -0.2) is 13.1 Å². The van der Waals surface area contributed by atoms with Crippen molar-refractivity contribution in [2.75, 3.05) is 14.2 Å². The van der Waals surface area contributed by atoms with Crippen LogP contribution in [0.25, 0.3) is 0 Å². The van der Waals surface area contributed by atoms with Crippen molar-refractivity contribution in [3.63, 3.8) is 0 Å². The van der Waals surface area contributed by atoms with Crippen LogP contribution in [0.2, 0.25) is 10.0 Å². The number of ether oxygens (including phenoxy) is 1. The first-order valence-corrected chi connectivity index (χ1v) is 11.8. The quantitative estimate of drug-likeness (QED) is 0.646. The molecule has 9 heteroatoms. The molecule has 0 bridgehead atoms. The number of nitrogens with zero attached hydrogens (tertiary/aromatic N) is 1. The zero-order chi connectivity index (χ0) is 21.9. The molecule has 1 aliphatic carbocycles. The smallest absolute Gasteiger partial charge is 0.253 e. The van der Waals surface area contributed by atoms with E-state index in [1.165, 1.54) is 24.1 Å². The van der Waals surface area contributed by atoms with Gasteiger partial charge in [-0.15, -0.1) is 0 Å². The van der Waals surface area contributed by atoms with E-state index in [1.807, 2.05) is 0 Å². The maximum Gasteiger partial charge on any atom is 0.253 e. The van der Waals surface area contributed by atoms with Gasteiger partial charge >= 0.3 is 0 Å². The van der Waals surface area contributed by atoms with E-state index in [0.717, 1.165) is 31.2 Å². The molecule has 30 heavy (non-hydrogen) atoms. The summed E-state index contributed by atoms with van der Waals surface area (Å²) in [6.45, 7) is 0.296. The van der Waals surface area contributed by atoms with Gasteiger partial charge in [-0.1, -0.05) is 42.1 Å². The minimum Gasteiger partial charge on any atom is -0.495 e. The van der Waals surface area contributed by atoms with Crippen LogP contribution in [0.4, 0.5) is 0 Å². The van der Waals surface area contributed by atoms with Gasteiger partial charge in [-0.05, 0) is 48.7 Å². The van der Waals surface area contributed by atoms with Crippen LogP contribution in [0, 0.1) is 0 Å². The van der Waals surface area contributed by atoms with E-state index in [-0.39, 0.29) is 28.2 Å². The van der Waals surface area contributed by atoms with Gasteiger partial charge in [0.2, 0.25) is 10.0 Å². The number of sulfonamides is 1. The lowest BCUT2D eigenvalue weighted by Crippen LogP contribution is -2.33. The number of amides is 1. The maximum atomic E-state index is 12.9. The van der Waals surface area contributed by atoms with Gasteiger partial charge in [0.25, 0.3) is 5.91 Å². The van der Waals surface area contributed by atoms with Crippen LogP contribution in [-0.4, -0.2) is 39.4 Å². The van der Waals surface area contributed by atoms with Crippen LogP contribution < -0.4 is 9.46 Å². The third-order valence-corrected chi connectivity index (χ3v) is 7.41. The predicted octanol–water partition coefficient (Wildman–Crippen LogP) is 4.50. The topological polar surface area (TPSA) is 75.7 Å². The van der Waals surface area contributed by atoms with Crippen molar-refractivity contribution in [3.05, 3.63) is 57.6 Å². The van der Waals surface area contributed by atoms with Gasteiger partial charge in [-0.3, -0.25) is 4.79 Å². The van der Waals surface area contributed by atoms with Crippen molar-refractivity contribution >= 4 is 39.1 Å². The highest BCUT2D eigenvalue weighted by Gasteiger charge is 2.27. The van der Waals surface area contributed by atoms with Gasteiger partial charge < -0.3 is 9.64 Å². The molecule has 2 aromatic carbocycles. The molecule has 1 amide bonds. The van der Waals surface area contributed by atoms with Crippen molar-refractivity contribution < 1.29 is 17.9 Å². The van der Waals surface area contributed by atoms with Crippen LogP contribution in [-0.2, 0) is 16.6 Å². The summed E-state index contributed by atoms with van der Waals surface area (Å²) >= 11 is 12.0. The van der Waals surface area contributed by atoms with Crippen LogP contribution in [0.3, 0.4) is 0 Å². The first kappa shape index (κ1) is 22.9. The minimum absolute atomic E-state index is 0.0364. The van der Waals surface area contributed by atoms with E-state index in [0.29, 0.717) is 16.6 Å². The molecule has 0 radical (unpaired) electrons. The largest absolute Gasteiger partial charge is 0.495 e. The third kappa shape index (κ3) is 5.27. The standard InChI is InChI=1S/C21H24Cl2N2O4S/c1-25(13-14-7-9-17(22)18(23)11-14)21(26)15-8-10-19(29-2)20(12-15)30(27,28)24-16-5-3-4-6-16/h7-12,16,24H,3-6,13H2,1-2H3. The Labute approximate surface area is 187 Å². The minimum atomic E-state index is -3.82. The van der Waals surface area contributed by atoms with E-state index in [2.05, 4.69) is 4.72 Å². The number of carbonyl (C=O) groups is 1. The number of halogens is 2. The second-order valence-corrected chi connectivity index (χ2v) is 9.87. The molecule has 2 aromatic rings. The second-order valence-electron chi connectivity index (χ2n) is 7.38. The van der Waals surface area contributed by atoms with Crippen LogP contribution >= 0.6 is 23.2 Å². The SMILES string of the molecule is COc1ccc(C(=O)N(C)Cc2ccc(Cl)c(Cl)c2)cc1S(=O)(=O)NC1CCCC1. The Balaban J connectivity index is 1.83. The first-order chi connectivity index (χ1) is 14.2. The lowest BCUT2D eigenvalue weighted by molar-refractivity contribution is 0.0785. The Morgan fingerprint density at radius 2 is 1.83 bits per heavy atom. The Kier molecular flexibility index (Phi) is 7.29. The lowest BCUT2D eigenvalue weighted by atomic mass is 10.1. The molecule has 3 rings (SSSR count). The monoisotopic (exact) mass is 470 g/mol. The maximum absolute atomic E-state index is 12.9. The van der Waals surface area contributed by atoms with Gasteiger partial charge in [-0.2, -0.15) is 0 Å². The first-order valence-electron chi connectivity index (χ1n) is 9.61. The van der Waals surface area contributed by atoms with Crippen molar-refractivity contribution in [1.29, 1.82) is 0 Å². The number of hydrogen-bond donors (Lipinski definition) is 1.